The minimum absolute atomic E-state index is 0.185. The van der Waals surface area contributed by atoms with E-state index in [1.54, 1.807) is 42.1 Å². The van der Waals surface area contributed by atoms with Gasteiger partial charge in [0.2, 0.25) is 10.0 Å². The lowest BCUT2D eigenvalue weighted by atomic mass is 10.1. The van der Waals surface area contributed by atoms with Crippen LogP contribution in [0.2, 0.25) is 0 Å². The highest BCUT2D eigenvalue weighted by atomic mass is 32.2. The van der Waals surface area contributed by atoms with Gasteiger partial charge in [0.1, 0.15) is 0 Å². The third-order valence-electron chi connectivity index (χ3n) is 2.80. The molecule has 0 aliphatic heterocycles. The van der Waals surface area contributed by atoms with Crippen molar-refractivity contribution >= 4 is 10.0 Å². The van der Waals surface area contributed by atoms with Crippen molar-refractivity contribution < 1.29 is 13.5 Å². The molecule has 2 rings (SSSR count). The molecule has 1 atom stereocenters. The van der Waals surface area contributed by atoms with Gasteiger partial charge in [-0.25, -0.2) is 13.1 Å². The van der Waals surface area contributed by atoms with Gasteiger partial charge in [0.25, 0.3) is 0 Å². The van der Waals surface area contributed by atoms with E-state index < -0.39 is 16.1 Å². The lowest BCUT2D eigenvalue weighted by molar-refractivity contribution is 0.259. The lowest BCUT2D eigenvalue weighted by Gasteiger charge is -2.16. The zero-order chi connectivity index (χ0) is 13.9. The monoisotopic (exact) mass is 280 g/mol. The first-order chi connectivity index (χ1) is 9.03. The van der Waals surface area contributed by atoms with E-state index in [0.29, 0.717) is 0 Å². The first kappa shape index (κ1) is 13.8. The summed E-state index contributed by atoms with van der Waals surface area (Å²) in [5, 5.41) is 9.36. The summed E-state index contributed by atoms with van der Waals surface area (Å²) in [7, 11) is -1.88. The molecule has 0 aliphatic rings. The normalized spacial score (nSPS) is 13.4. The predicted molar refractivity (Wildman–Crippen MR) is 72.0 cm³/mol. The largest absolute Gasteiger partial charge is 0.394 e. The predicted octanol–water partition coefficient (Wildman–Crippen LogP) is 1.04. The van der Waals surface area contributed by atoms with Gasteiger partial charge in [-0.1, -0.05) is 30.3 Å². The number of nitrogens with one attached hydrogen (secondary N) is 1. The van der Waals surface area contributed by atoms with Crippen LogP contribution < -0.4 is 4.72 Å². The average Bonchev–Trinajstić information content (AvgIpc) is 2.85. The molecule has 0 spiro atoms. The van der Waals surface area contributed by atoms with Crippen LogP contribution in [0.3, 0.4) is 0 Å². The number of benzene rings is 1. The number of aromatic nitrogens is 1. The molecule has 0 bridgehead atoms. The minimum Gasteiger partial charge on any atom is -0.394 e. The number of aliphatic hydroxyl groups is 1. The van der Waals surface area contributed by atoms with Gasteiger partial charge in [-0.2, -0.15) is 0 Å². The lowest BCUT2D eigenvalue weighted by Crippen LogP contribution is -2.30. The molecule has 0 radical (unpaired) electrons. The molecule has 2 N–H and O–H groups in total. The fourth-order valence-electron chi connectivity index (χ4n) is 1.79. The number of aryl methyl sites for hydroxylation is 1. The number of rotatable bonds is 5. The summed E-state index contributed by atoms with van der Waals surface area (Å²) in [5.41, 5.74) is 0.726. The Morgan fingerprint density at radius 3 is 2.47 bits per heavy atom. The van der Waals surface area contributed by atoms with Crippen molar-refractivity contribution in [3.63, 3.8) is 0 Å². The number of sulfonamides is 1. The Hall–Kier alpha value is -1.63. The van der Waals surface area contributed by atoms with E-state index >= 15 is 0 Å². The molecule has 5 nitrogen and oxygen atoms in total. The Bertz CT molecular complexity index is 635. The van der Waals surface area contributed by atoms with E-state index in [4.69, 9.17) is 0 Å². The van der Waals surface area contributed by atoms with Gasteiger partial charge in [0.15, 0.2) is 0 Å². The first-order valence-corrected chi connectivity index (χ1v) is 7.31. The summed E-state index contributed by atoms with van der Waals surface area (Å²) >= 11 is 0. The van der Waals surface area contributed by atoms with E-state index in [2.05, 4.69) is 4.72 Å². The highest BCUT2D eigenvalue weighted by Gasteiger charge is 2.21. The number of aliphatic hydroxyl groups excluding tert-OH is 1. The Morgan fingerprint density at radius 2 is 1.95 bits per heavy atom. The molecule has 0 saturated heterocycles. The third kappa shape index (κ3) is 3.23. The number of nitrogens with zero attached hydrogens (tertiary/aromatic N) is 1. The Morgan fingerprint density at radius 1 is 1.26 bits per heavy atom. The average molecular weight is 280 g/mol. The third-order valence-corrected chi connectivity index (χ3v) is 4.25. The van der Waals surface area contributed by atoms with E-state index in [1.165, 1.54) is 12.3 Å². The van der Waals surface area contributed by atoms with Gasteiger partial charge < -0.3 is 9.67 Å². The Labute approximate surface area is 112 Å². The highest BCUT2D eigenvalue weighted by Crippen LogP contribution is 2.16. The van der Waals surface area contributed by atoms with Crippen molar-refractivity contribution in [1.82, 2.24) is 9.29 Å². The van der Waals surface area contributed by atoms with Crippen molar-refractivity contribution in [2.45, 2.75) is 10.9 Å². The van der Waals surface area contributed by atoms with Gasteiger partial charge in [0.05, 0.1) is 17.5 Å². The summed E-state index contributed by atoms with van der Waals surface area (Å²) in [6.45, 7) is -0.296. The SMILES string of the molecule is Cn1ccc(S(=O)(=O)N[C@@H](CO)c2ccccc2)c1. The molecule has 1 aromatic heterocycles. The van der Waals surface area contributed by atoms with Crippen molar-refractivity contribution in [1.29, 1.82) is 0 Å². The zero-order valence-electron chi connectivity index (χ0n) is 10.5. The van der Waals surface area contributed by atoms with Crippen LogP contribution in [0.1, 0.15) is 11.6 Å². The second-order valence-corrected chi connectivity index (χ2v) is 5.99. The topological polar surface area (TPSA) is 71.3 Å². The van der Waals surface area contributed by atoms with Crippen LogP contribution >= 0.6 is 0 Å². The number of hydrogen-bond acceptors (Lipinski definition) is 3. The molecule has 0 fully saturated rings. The molecule has 6 heteroatoms. The van der Waals surface area contributed by atoms with E-state index in [0.717, 1.165) is 5.56 Å². The molecule has 0 amide bonds. The summed E-state index contributed by atoms with van der Waals surface area (Å²) < 4.78 is 28.5. The summed E-state index contributed by atoms with van der Waals surface area (Å²) in [6.07, 6.45) is 3.17. The van der Waals surface area contributed by atoms with Crippen molar-refractivity contribution in [2.75, 3.05) is 6.61 Å². The molecule has 0 saturated carbocycles. The van der Waals surface area contributed by atoms with Crippen molar-refractivity contribution in [3.8, 4) is 0 Å². The highest BCUT2D eigenvalue weighted by molar-refractivity contribution is 7.89. The standard InChI is InChI=1S/C13H16N2O3S/c1-15-8-7-12(9-15)19(17,18)14-13(10-16)11-5-3-2-4-6-11/h2-9,13-14,16H,10H2,1H3/t13-/m0/s1. The molecule has 0 aliphatic carbocycles. The quantitative estimate of drug-likeness (QED) is 0.859. The second-order valence-electron chi connectivity index (χ2n) is 4.28. The van der Waals surface area contributed by atoms with Crippen LogP contribution in [0.25, 0.3) is 0 Å². The van der Waals surface area contributed by atoms with E-state index in [9.17, 15) is 13.5 Å². The van der Waals surface area contributed by atoms with Gasteiger partial charge >= 0.3 is 0 Å². The van der Waals surface area contributed by atoms with Crippen LogP contribution in [0.5, 0.6) is 0 Å². The van der Waals surface area contributed by atoms with Crippen LogP contribution in [-0.4, -0.2) is 24.7 Å². The number of hydrogen-bond donors (Lipinski definition) is 2. The van der Waals surface area contributed by atoms with Gasteiger partial charge in [-0.15, -0.1) is 0 Å². The fourth-order valence-corrected chi connectivity index (χ4v) is 3.05. The van der Waals surface area contributed by atoms with Crippen LogP contribution in [0.15, 0.2) is 53.7 Å². The summed E-state index contributed by atoms with van der Waals surface area (Å²) in [5.74, 6) is 0. The summed E-state index contributed by atoms with van der Waals surface area (Å²) in [4.78, 5) is 0.185. The van der Waals surface area contributed by atoms with Crippen molar-refractivity contribution in [3.05, 3.63) is 54.4 Å². The molecule has 1 heterocycles. The molecule has 1 aromatic carbocycles. The van der Waals surface area contributed by atoms with E-state index in [1.807, 2.05) is 6.07 Å². The zero-order valence-corrected chi connectivity index (χ0v) is 11.3. The summed E-state index contributed by atoms with van der Waals surface area (Å²) in [6, 6.07) is 9.85. The smallest absolute Gasteiger partial charge is 0.242 e. The molecule has 19 heavy (non-hydrogen) atoms. The Balaban J connectivity index is 2.23. The maximum Gasteiger partial charge on any atom is 0.242 e. The minimum atomic E-state index is -3.63. The van der Waals surface area contributed by atoms with E-state index in [-0.39, 0.29) is 11.5 Å². The van der Waals surface area contributed by atoms with Crippen LogP contribution in [0.4, 0.5) is 0 Å². The first-order valence-electron chi connectivity index (χ1n) is 5.83. The molecular weight excluding hydrogens is 264 g/mol. The molecule has 0 unspecified atom stereocenters. The van der Waals surface area contributed by atoms with Gasteiger partial charge in [-0.3, -0.25) is 0 Å². The fraction of sp³-hybridized carbons (Fsp3) is 0.231. The molecular formula is C13H16N2O3S. The maximum atomic E-state index is 12.2. The van der Waals surface area contributed by atoms with Crippen LogP contribution in [0, 0.1) is 0 Å². The maximum absolute atomic E-state index is 12.2. The molecule has 102 valence electrons. The van der Waals surface area contributed by atoms with Gasteiger partial charge in [-0.05, 0) is 11.6 Å². The van der Waals surface area contributed by atoms with Crippen LogP contribution in [-0.2, 0) is 17.1 Å². The van der Waals surface area contributed by atoms with Crippen molar-refractivity contribution in [2.24, 2.45) is 7.05 Å². The van der Waals surface area contributed by atoms with Gasteiger partial charge in [0, 0.05) is 19.4 Å². The molecule has 2 aromatic rings. The Kier molecular flexibility index (Phi) is 4.04. The second kappa shape index (κ2) is 5.56.